The van der Waals surface area contributed by atoms with Crippen LogP contribution in [0.15, 0.2) is 24.3 Å². The van der Waals surface area contributed by atoms with E-state index in [4.69, 9.17) is 18.5 Å². The summed E-state index contributed by atoms with van der Waals surface area (Å²) < 4.78 is 38.0. The van der Waals surface area contributed by atoms with Crippen LogP contribution in [0, 0.1) is 0 Å². The van der Waals surface area contributed by atoms with E-state index >= 15 is 0 Å². The summed E-state index contributed by atoms with van der Waals surface area (Å²) in [5.74, 6) is -0.773. The summed E-state index contributed by atoms with van der Waals surface area (Å²) in [5.41, 5.74) is -1.30. The molecule has 0 radical (unpaired) electrons. The molecule has 1 N–H and O–H groups in total. The Hall–Kier alpha value is -0.860. The molecular weight excluding hydrogens is 222 g/mol. The van der Waals surface area contributed by atoms with Gasteiger partial charge in [-0.2, -0.15) is 0 Å². The highest BCUT2D eigenvalue weighted by Crippen LogP contribution is 2.37. The number of hydrogen-bond donors (Lipinski definition) is 1. The highest BCUT2D eigenvalue weighted by molar-refractivity contribution is 6.31. The molecule has 1 fully saturated rings. The first-order valence-corrected chi connectivity index (χ1v) is 5.56. The van der Waals surface area contributed by atoms with Crippen LogP contribution in [0.5, 0.6) is 0 Å². The molecule has 2 nitrogen and oxygen atoms in total. The van der Waals surface area contributed by atoms with E-state index in [1.165, 1.54) is 0 Å². The van der Waals surface area contributed by atoms with Crippen molar-refractivity contribution in [3.05, 3.63) is 34.9 Å². The Morgan fingerprint density at radius 2 is 2.31 bits per heavy atom. The van der Waals surface area contributed by atoms with Crippen LogP contribution in [-0.2, 0) is 10.3 Å². The minimum absolute atomic E-state index is 0.0840. The predicted octanol–water partition coefficient (Wildman–Crippen LogP) is 2.90. The summed E-state index contributed by atoms with van der Waals surface area (Å²) in [4.78, 5) is 12.7. The van der Waals surface area contributed by atoms with Crippen molar-refractivity contribution in [1.82, 2.24) is 5.32 Å². The lowest BCUT2D eigenvalue weighted by molar-refractivity contribution is -0.127. The normalized spacial score (nSPS) is 34.3. The predicted molar refractivity (Wildman–Crippen MR) is 65.7 cm³/mol. The van der Waals surface area contributed by atoms with Gasteiger partial charge in [-0.15, -0.1) is 0 Å². The van der Waals surface area contributed by atoms with E-state index in [1.54, 1.807) is 24.3 Å². The first-order valence-electron chi connectivity index (χ1n) is 7.68. The maximum absolute atomic E-state index is 12.7. The smallest absolute Gasteiger partial charge is 0.157 e. The molecule has 0 aromatic heterocycles. The molecule has 1 aliphatic carbocycles. The van der Waals surface area contributed by atoms with Crippen LogP contribution in [0.2, 0.25) is 5.02 Å². The molecule has 0 amide bonds. The van der Waals surface area contributed by atoms with E-state index in [0.29, 0.717) is 12.0 Å². The number of Topliss-reactive ketones (excluding diaryl/α,β-unsaturated/α-hetero) is 1. The molecule has 1 unspecified atom stereocenters. The van der Waals surface area contributed by atoms with Gasteiger partial charge in [0.05, 0.1) is 0 Å². The second-order valence-electron chi connectivity index (χ2n) is 3.87. The zero-order valence-corrected chi connectivity index (χ0v) is 9.47. The van der Waals surface area contributed by atoms with Crippen molar-refractivity contribution in [1.29, 1.82) is 0 Å². The summed E-state index contributed by atoms with van der Waals surface area (Å²) in [7, 11) is 0. The van der Waals surface area contributed by atoms with Gasteiger partial charge in [-0.05, 0) is 31.4 Å². The molecule has 0 aliphatic heterocycles. The molecule has 1 aromatic rings. The fourth-order valence-corrected chi connectivity index (χ4v) is 2.37. The van der Waals surface area contributed by atoms with Gasteiger partial charge in [0.2, 0.25) is 0 Å². The van der Waals surface area contributed by atoms with Crippen LogP contribution in [0.4, 0.5) is 0 Å². The quantitative estimate of drug-likeness (QED) is 0.864. The van der Waals surface area contributed by atoms with E-state index < -0.39 is 24.7 Å². The molecule has 2 rings (SSSR count). The monoisotopic (exact) mass is 242 g/mol. The zero-order chi connectivity index (χ0) is 15.9. The number of likely N-dealkylation sites (N-methyl/N-ethyl adjacent to an activating group) is 1. The van der Waals surface area contributed by atoms with E-state index in [9.17, 15) is 4.79 Å². The second-order valence-corrected chi connectivity index (χ2v) is 4.28. The van der Waals surface area contributed by atoms with Crippen molar-refractivity contribution < 1.29 is 11.6 Å². The summed E-state index contributed by atoms with van der Waals surface area (Å²) >= 11 is 6.14. The van der Waals surface area contributed by atoms with Gasteiger partial charge in [0.15, 0.2) is 5.78 Å². The lowest BCUT2D eigenvalue weighted by Gasteiger charge is -2.36. The van der Waals surface area contributed by atoms with Crippen molar-refractivity contribution in [2.24, 2.45) is 0 Å². The Bertz CT molecular complexity index is 560. The minimum atomic E-state index is -2.58. The molecule has 3 heteroatoms. The second kappa shape index (κ2) is 4.56. The number of halogens is 1. The summed E-state index contributed by atoms with van der Waals surface area (Å²) in [6.45, 7) is -2.58. The number of rotatable bonds is 2. The van der Waals surface area contributed by atoms with Crippen LogP contribution >= 0.6 is 11.6 Å². The van der Waals surface area contributed by atoms with E-state index in [-0.39, 0.29) is 17.9 Å². The van der Waals surface area contributed by atoms with Crippen molar-refractivity contribution in [3.8, 4) is 0 Å². The third-order valence-corrected chi connectivity index (χ3v) is 3.28. The van der Waals surface area contributed by atoms with Crippen LogP contribution in [0.3, 0.4) is 0 Å². The average Bonchev–Trinajstić information content (AvgIpc) is 2.34. The number of hydrogen-bond acceptors (Lipinski definition) is 2. The van der Waals surface area contributed by atoms with Crippen molar-refractivity contribution in [3.63, 3.8) is 0 Å². The van der Waals surface area contributed by atoms with Crippen molar-refractivity contribution in [2.45, 2.75) is 31.2 Å². The maximum atomic E-state index is 12.7. The summed E-state index contributed by atoms with van der Waals surface area (Å²) in [5, 5.41) is 2.61. The van der Waals surface area contributed by atoms with Gasteiger partial charge in [-0.3, -0.25) is 4.79 Å². The number of ketones is 1. The summed E-state index contributed by atoms with van der Waals surface area (Å²) in [6, 6.07) is 6.47. The Labute approximate surface area is 108 Å². The standard InChI is InChI=1S/C13H16ClNO/c1-15-13(9-5-4-8-12(13)16)10-6-2-3-7-11(10)14/h2-3,6-7,15H,4-5,8-9H2,1H3/i1D3,8D2. The fourth-order valence-electron chi connectivity index (χ4n) is 2.07. The largest absolute Gasteiger partial charge is 0.304 e. The van der Waals surface area contributed by atoms with Gasteiger partial charge in [0.1, 0.15) is 5.54 Å². The lowest BCUT2D eigenvalue weighted by Crippen LogP contribution is -2.49. The molecule has 16 heavy (non-hydrogen) atoms. The topological polar surface area (TPSA) is 29.1 Å². The molecule has 0 heterocycles. The van der Waals surface area contributed by atoms with Gasteiger partial charge in [0.25, 0.3) is 0 Å². The number of benzene rings is 1. The Balaban J connectivity index is 2.60. The van der Waals surface area contributed by atoms with E-state index in [2.05, 4.69) is 5.32 Å². The van der Waals surface area contributed by atoms with Gasteiger partial charge in [-0.1, -0.05) is 36.2 Å². The van der Waals surface area contributed by atoms with Crippen molar-refractivity contribution in [2.75, 3.05) is 6.98 Å². The average molecular weight is 243 g/mol. The summed E-state index contributed by atoms with van der Waals surface area (Å²) in [6.07, 6.45) is -1.39. The number of carbonyl (C=O) groups is 1. The molecule has 1 saturated carbocycles. The van der Waals surface area contributed by atoms with E-state index in [1.807, 2.05) is 0 Å². The zero-order valence-electron chi connectivity index (χ0n) is 13.7. The number of carbonyl (C=O) groups excluding carboxylic acids is 1. The molecular formula is C13H16ClNO. The highest BCUT2D eigenvalue weighted by Gasteiger charge is 2.40. The maximum Gasteiger partial charge on any atom is 0.157 e. The van der Waals surface area contributed by atoms with Crippen molar-refractivity contribution >= 4 is 17.4 Å². The third kappa shape index (κ3) is 1.76. The Kier molecular flexibility index (Phi) is 1.93. The SMILES string of the molecule is [2H]C([2H])([2H])NC1(c2ccccc2Cl)CCCC([2H])([2H])C1=O. The van der Waals surface area contributed by atoms with Crippen LogP contribution in [0.25, 0.3) is 0 Å². The Morgan fingerprint density at radius 1 is 1.50 bits per heavy atom. The van der Waals surface area contributed by atoms with Gasteiger partial charge in [0, 0.05) is 18.2 Å². The fraction of sp³-hybridized carbons (Fsp3) is 0.462. The van der Waals surface area contributed by atoms with Crippen LogP contribution in [-0.4, -0.2) is 12.8 Å². The Morgan fingerprint density at radius 3 is 3.06 bits per heavy atom. The molecule has 1 atom stereocenters. The molecule has 0 spiro atoms. The molecule has 0 bridgehead atoms. The van der Waals surface area contributed by atoms with Gasteiger partial charge < -0.3 is 5.32 Å². The minimum Gasteiger partial charge on any atom is -0.304 e. The first kappa shape index (κ1) is 6.77. The molecule has 86 valence electrons. The highest BCUT2D eigenvalue weighted by atomic mass is 35.5. The number of nitrogens with one attached hydrogen (secondary N) is 1. The van der Waals surface area contributed by atoms with E-state index in [0.717, 1.165) is 0 Å². The molecule has 1 aliphatic rings. The van der Waals surface area contributed by atoms with Crippen LogP contribution < -0.4 is 5.32 Å². The third-order valence-electron chi connectivity index (χ3n) is 2.95. The van der Waals surface area contributed by atoms with Gasteiger partial charge >= 0.3 is 0 Å². The molecule has 0 saturated heterocycles. The first-order chi connectivity index (χ1) is 9.58. The van der Waals surface area contributed by atoms with Crippen LogP contribution in [0.1, 0.15) is 38.1 Å². The van der Waals surface area contributed by atoms with Gasteiger partial charge in [-0.25, -0.2) is 0 Å². The lowest BCUT2D eigenvalue weighted by atomic mass is 9.75. The molecule has 1 aromatic carbocycles.